The highest BCUT2D eigenvalue weighted by atomic mass is 16.5. The number of rotatable bonds is 12. The minimum atomic E-state index is -0.526. The molecule has 8 rings (SSSR count). The lowest BCUT2D eigenvalue weighted by Gasteiger charge is -2.39. The minimum Gasteiger partial charge on any atom is -0.496 e. The number of carbonyl (C=O) groups excluding carboxylic acids is 4. The van der Waals surface area contributed by atoms with Crippen LogP contribution in [-0.2, 0) is 10.8 Å². The van der Waals surface area contributed by atoms with Gasteiger partial charge in [0.2, 0.25) is 0 Å². The second-order valence-corrected chi connectivity index (χ2v) is 18.3. The number of ether oxygens (including phenoxy) is 4. The molecule has 0 N–H and O–H groups in total. The van der Waals surface area contributed by atoms with Crippen LogP contribution >= 0.6 is 0 Å². The molecule has 0 bridgehead atoms. The van der Waals surface area contributed by atoms with Crippen LogP contribution in [0.25, 0.3) is 0 Å². The number of carbonyl (C=O) groups is 4. The lowest BCUT2D eigenvalue weighted by molar-refractivity contribution is 0.0719. The summed E-state index contributed by atoms with van der Waals surface area (Å²) in [6.07, 6.45) is 10.8. The van der Waals surface area contributed by atoms with Crippen molar-refractivity contribution >= 4 is 23.7 Å². The molecule has 66 heavy (non-hydrogen) atoms. The van der Waals surface area contributed by atoms with Gasteiger partial charge in [-0.1, -0.05) is 99.2 Å². The van der Waals surface area contributed by atoms with E-state index in [0.717, 1.165) is 96.9 Å². The Labute approximate surface area is 388 Å². The average molecular weight is 883 g/mol. The third-order valence-electron chi connectivity index (χ3n) is 14.0. The van der Waals surface area contributed by atoms with Gasteiger partial charge >= 0.3 is 17.9 Å². The Kier molecular flexibility index (Phi) is 13.4. The van der Waals surface area contributed by atoms with Crippen LogP contribution in [0, 0.1) is 27.7 Å². The third kappa shape index (κ3) is 9.32. The van der Waals surface area contributed by atoms with E-state index < -0.39 is 17.9 Å². The average Bonchev–Trinajstić information content (AvgIpc) is 3.33. The number of hydrogen-bond acceptors (Lipinski definition) is 8. The Morgan fingerprint density at radius 2 is 0.727 bits per heavy atom. The molecule has 0 radical (unpaired) electrons. The second kappa shape index (κ2) is 19.4. The summed E-state index contributed by atoms with van der Waals surface area (Å²) in [7, 11) is 1.70. The zero-order chi connectivity index (χ0) is 46.6. The molecule has 2 aliphatic rings. The van der Waals surface area contributed by atoms with Gasteiger partial charge in [0.15, 0.2) is 5.78 Å². The molecular weight excluding hydrogens is 825 g/mol. The number of benzene rings is 6. The fourth-order valence-corrected chi connectivity index (χ4v) is 10.2. The molecule has 0 amide bonds. The molecule has 0 aromatic heterocycles. The maximum Gasteiger partial charge on any atom is 0.343 e. The van der Waals surface area contributed by atoms with Crippen LogP contribution in [0.15, 0.2) is 121 Å². The van der Waals surface area contributed by atoms with Gasteiger partial charge in [0.05, 0.1) is 23.8 Å². The van der Waals surface area contributed by atoms with E-state index in [9.17, 15) is 19.2 Å². The monoisotopic (exact) mass is 882 g/mol. The van der Waals surface area contributed by atoms with Crippen molar-refractivity contribution in [3.63, 3.8) is 0 Å². The van der Waals surface area contributed by atoms with Crippen molar-refractivity contribution in [3.8, 4) is 23.0 Å². The van der Waals surface area contributed by atoms with Gasteiger partial charge in [-0.05, 0) is 165 Å². The zero-order valence-corrected chi connectivity index (χ0v) is 38.9. The molecule has 8 heteroatoms. The van der Waals surface area contributed by atoms with Gasteiger partial charge < -0.3 is 18.9 Å². The van der Waals surface area contributed by atoms with Gasteiger partial charge in [-0.25, -0.2) is 14.4 Å². The molecule has 2 aliphatic carbocycles. The molecule has 338 valence electrons. The first-order chi connectivity index (χ1) is 31.8. The molecule has 8 nitrogen and oxygen atoms in total. The molecular formula is C58H58O8. The molecule has 0 atom stereocenters. The van der Waals surface area contributed by atoms with Gasteiger partial charge in [0, 0.05) is 16.4 Å². The first-order valence-electron chi connectivity index (χ1n) is 23.2. The van der Waals surface area contributed by atoms with E-state index in [1.54, 1.807) is 55.6 Å². The summed E-state index contributed by atoms with van der Waals surface area (Å²) in [6.45, 7) is 9.41. The molecule has 0 aliphatic heterocycles. The molecule has 6 aromatic rings. The van der Waals surface area contributed by atoms with Crippen LogP contribution in [0.4, 0.5) is 0 Å². The van der Waals surface area contributed by atoms with E-state index in [1.807, 2.05) is 45.0 Å². The van der Waals surface area contributed by atoms with E-state index in [0.29, 0.717) is 39.5 Å². The fraction of sp³-hybridized carbons (Fsp3) is 0.310. The van der Waals surface area contributed by atoms with Crippen LogP contribution in [-0.4, -0.2) is 30.8 Å². The number of aryl methyl sites for hydroxylation is 4. The van der Waals surface area contributed by atoms with Gasteiger partial charge in [0.25, 0.3) is 0 Å². The molecule has 6 aromatic carbocycles. The predicted molar refractivity (Wildman–Crippen MR) is 257 cm³/mol. The van der Waals surface area contributed by atoms with E-state index in [2.05, 4.69) is 55.5 Å². The lowest BCUT2D eigenvalue weighted by atomic mass is 9.65. The Balaban J connectivity index is 0.934. The standard InChI is InChI=1S/C58H58O8/c1-37-32-46(20-24-50(37)63-6)57(28-9-7-10-29-57)47-21-25-51(38(2)33-47)64-54(60)42-16-18-43(19-17-42)55(61)65-52-26-22-48(34-39(52)3)58(30-11-8-12-31-58)49-23-27-53(40(4)35-49)66-56(62)45-15-13-14-44(36-45)41(5)59/h13-27,32-36H,7-12,28-31H2,1-6H3. The van der Waals surface area contributed by atoms with Crippen LogP contribution < -0.4 is 18.9 Å². The summed E-state index contributed by atoms with van der Waals surface area (Å²) < 4.78 is 23.2. The lowest BCUT2D eigenvalue weighted by Crippen LogP contribution is -2.30. The molecule has 2 fully saturated rings. The van der Waals surface area contributed by atoms with Crippen molar-refractivity contribution in [1.29, 1.82) is 0 Å². The quantitative estimate of drug-likeness (QED) is 0.0680. The van der Waals surface area contributed by atoms with E-state index in [-0.39, 0.29) is 16.6 Å². The van der Waals surface area contributed by atoms with Crippen LogP contribution in [0.5, 0.6) is 23.0 Å². The van der Waals surface area contributed by atoms with Gasteiger partial charge in [-0.15, -0.1) is 0 Å². The Hall–Kier alpha value is -6.80. The Morgan fingerprint density at radius 3 is 1.06 bits per heavy atom. The minimum absolute atomic E-state index is 0.118. The second-order valence-electron chi connectivity index (χ2n) is 18.3. The van der Waals surface area contributed by atoms with Gasteiger partial charge in [0.1, 0.15) is 23.0 Å². The topological polar surface area (TPSA) is 105 Å². The van der Waals surface area contributed by atoms with Crippen LogP contribution in [0.2, 0.25) is 0 Å². The predicted octanol–water partition coefficient (Wildman–Crippen LogP) is 13.3. The third-order valence-corrected chi connectivity index (χ3v) is 14.0. The van der Waals surface area contributed by atoms with E-state index in [4.69, 9.17) is 18.9 Å². The van der Waals surface area contributed by atoms with E-state index >= 15 is 0 Å². The molecule has 0 spiro atoms. The highest BCUT2D eigenvalue weighted by Gasteiger charge is 2.38. The van der Waals surface area contributed by atoms with E-state index in [1.165, 1.54) is 24.5 Å². The molecule has 0 heterocycles. The summed E-state index contributed by atoms with van der Waals surface area (Å²) in [5.41, 5.74) is 9.48. The van der Waals surface area contributed by atoms with Crippen molar-refractivity contribution in [1.82, 2.24) is 0 Å². The number of ketones is 1. The fourth-order valence-electron chi connectivity index (χ4n) is 10.2. The Bertz CT molecular complexity index is 2800. The van der Waals surface area contributed by atoms with Gasteiger partial charge in [-0.3, -0.25) is 4.79 Å². The molecule has 0 unspecified atom stereocenters. The Morgan fingerprint density at radius 1 is 0.394 bits per heavy atom. The zero-order valence-electron chi connectivity index (χ0n) is 38.9. The number of esters is 3. The maximum absolute atomic E-state index is 13.5. The highest BCUT2D eigenvalue weighted by molar-refractivity contribution is 5.98. The summed E-state index contributed by atoms with van der Waals surface area (Å²) in [6, 6.07) is 37.6. The number of Topliss-reactive ketones (excluding diaryl/α,β-unsaturated/α-hetero) is 1. The van der Waals surface area contributed by atoms with Crippen molar-refractivity contribution in [2.45, 2.75) is 110 Å². The smallest absolute Gasteiger partial charge is 0.343 e. The SMILES string of the molecule is COc1ccc(C2(c3ccc(OC(=O)c4ccc(C(=O)Oc5ccc(C6(c7ccc(OC(=O)c8cccc(C(C)=O)c8)c(C)c7)CCCCC6)cc5C)cc4)c(C)c3)CCCCC2)cc1C. The van der Waals surface area contributed by atoms with Crippen molar-refractivity contribution < 1.29 is 38.1 Å². The number of methoxy groups -OCH3 is 1. The van der Waals surface area contributed by atoms with Crippen LogP contribution in [0.1, 0.15) is 157 Å². The summed E-state index contributed by atoms with van der Waals surface area (Å²) in [5, 5.41) is 0. The summed E-state index contributed by atoms with van der Waals surface area (Å²) in [5.74, 6) is 0.645. The maximum atomic E-state index is 13.5. The summed E-state index contributed by atoms with van der Waals surface area (Å²) in [4.78, 5) is 51.9. The molecule has 2 saturated carbocycles. The van der Waals surface area contributed by atoms with Crippen molar-refractivity contribution in [2.75, 3.05) is 7.11 Å². The largest absolute Gasteiger partial charge is 0.496 e. The number of hydrogen-bond donors (Lipinski definition) is 0. The van der Waals surface area contributed by atoms with Crippen molar-refractivity contribution in [3.05, 3.63) is 188 Å². The highest BCUT2D eigenvalue weighted by Crippen LogP contribution is 2.48. The first kappa shape index (κ1) is 45.8. The van der Waals surface area contributed by atoms with Crippen LogP contribution in [0.3, 0.4) is 0 Å². The van der Waals surface area contributed by atoms with Gasteiger partial charge in [-0.2, -0.15) is 0 Å². The van der Waals surface area contributed by atoms with Crippen molar-refractivity contribution in [2.24, 2.45) is 0 Å². The summed E-state index contributed by atoms with van der Waals surface area (Å²) >= 11 is 0. The first-order valence-corrected chi connectivity index (χ1v) is 23.2. The normalized spacial score (nSPS) is 15.3. The molecule has 0 saturated heterocycles.